The maximum absolute atomic E-state index is 13.4. The molecule has 2 aliphatic heterocycles. The number of benzene rings is 2. The van der Waals surface area contributed by atoms with Crippen molar-refractivity contribution in [1.82, 2.24) is 5.32 Å². The number of carbonyl (C=O) groups excluding carboxylic acids is 2. The molecular formula is C28H31N3O3S. The lowest BCUT2D eigenvalue weighted by Gasteiger charge is -2.43. The van der Waals surface area contributed by atoms with Crippen molar-refractivity contribution in [2.75, 3.05) is 23.0 Å². The lowest BCUT2D eigenvalue weighted by atomic mass is 9.87. The van der Waals surface area contributed by atoms with Crippen LogP contribution in [0.15, 0.2) is 54.1 Å². The zero-order chi connectivity index (χ0) is 25.3. The Kier molecular flexibility index (Phi) is 6.81. The molecule has 1 N–H and O–H groups in total. The lowest BCUT2D eigenvalue weighted by Crippen LogP contribution is -2.54. The van der Waals surface area contributed by atoms with Gasteiger partial charge < -0.3 is 9.64 Å². The fraction of sp³-hybridized carbons (Fsp3) is 0.321. The number of nitrogens with zero attached hydrogens (tertiary/aromatic N) is 2. The molecule has 0 aromatic heterocycles. The molecule has 0 spiro atoms. The summed E-state index contributed by atoms with van der Waals surface area (Å²) in [5.74, 6) is -0.258. The first-order valence-electron chi connectivity index (χ1n) is 11.9. The first-order valence-corrected chi connectivity index (χ1v) is 12.3. The molecule has 0 unspecified atom stereocenters. The number of nitrogens with one attached hydrogen (secondary N) is 1. The minimum Gasteiger partial charge on any atom is -0.494 e. The summed E-state index contributed by atoms with van der Waals surface area (Å²) in [4.78, 5) is 29.9. The smallest absolute Gasteiger partial charge is 0.270 e. The van der Waals surface area contributed by atoms with Crippen LogP contribution in [0.1, 0.15) is 52.2 Å². The summed E-state index contributed by atoms with van der Waals surface area (Å²) in [6, 6.07) is 13.1. The number of carbonyl (C=O) groups is 2. The van der Waals surface area contributed by atoms with Crippen LogP contribution in [0, 0.1) is 0 Å². The van der Waals surface area contributed by atoms with Crippen molar-refractivity contribution >= 4 is 52.2 Å². The SMILES string of the molecule is CCCN1c2ccc(/C=C3/C(=O)NC(=S)N(c4ccc(OCC)cc4)C3=O)cc2C(C)=CC1(C)C. The molecule has 1 fully saturated rings. The number of fused-ring (bicyclic) bond motifs is 1. The highest BCUT2D eigenvalue weighted by molar-refractivity contribution is 7.80. The Balaban J connectivity index is 1.69. The van der Waals surface area contributed by atoms with E-state index < -0.39 is 11.8 Å². The van der Waals surface area contributed by atoms with Crippen molar-refractivity contribution in [3.63, 3.8) is 0 Å². The Morgan fingerprint density at radius 1 is 1.09 bits per heavy atom. The highest BCUT2D eigenvalue weighted by Crippen LogP contribution is 2.39. The van der Waals surface area contributed by atoms with E-state index in [1.54, 1.807) is 30.3 Å². The number of allylic oxidation sites excluding steroid dienone is 1. The Morgan fingerprint density at radius 3 is 2.46 bits per heavy atom. The Hall–Kier alpha value is -3.45. The van der Waals surface area contributed by atoms with E-state index in [-0.39, 0.29) is 16.2 Å². The number of amides is 2. The molecule has 4 rings (SSSR count). The van der Waals surface area contributed by atoms with Gasteiger partial charge in [0.25, 0.3) is 11.8 Å². The molecule has 2 aromatic carbocycles. The van der Waals surface area contributed by atoms with Crippen molar-refractivity contribution < 1.29 is 14.3 Å². The van der Waals surface area contributed by atoms with E-state index in [1.165, 1.54) is 10.5 Å². The topological polar surface area (TPSA) is 61.9 Å². The summed E-state index contributed by atoms with van der Waals surface area (Å²) >= 11 is 5.32. The summed E-state index contributed by atoms with van der Waals surface area (Å²) in [5.41, 5.74) is 4.75. The highest BCUT2D eigenvalue weighted by atomic mass is 32.1. The average molecular weight is 490 g/mol. The second-order valence-electron chi connectivity index (χ2n) is 9.29. The maximum Gasteiger partial charge on any atom is 0.270 e. The van der Waals surface area contributed by atoms with Crippen LogP contribution in [-0.4, -0.2) is 35.6 Å². The molecule has 2 aliphatic rings. The van der Waals surface area contributed by atoms with Crippen LogP contribution in [0.2, 0.25) is 0 Å². The summed E-state index contributed by atoms with van der Waals surface area (Å²) < 4.78 is 5.48. The van der Waals surface area contributed by atoms with E-state index in [9.17, 15) is 9.59 Å². The normalized spacial score (nSPS) is 18.4. The molecule has 0 saturated carbocycles. The van der Waals surface area contributed by atoms with Crippen LogP contribution in [0.5, 0.6) is 5.75 Å². The van der Waals surface area contributed by atoms with Crippen LogP contribution in [0.4, 0.5) is 11.4 Å². The van der Waals surface area contributed by atoms with Gasteiger partial charge in [-0.2, -0.15) is 0 Å². The van der Waals surface area contributed by atoms with Gasteiger partial charge in [0, 0.05) is 17.8 Å². The zero-order valence-electron chi connectivity index (χ0n) is 20.8. The highest BCUT2D eigenvalue weighted by Gasteiger charge is 2.35. The Morgan fingerprint density at radius 2 is 1.80 bits per heavy atom. The molecule has 1 saturated heterocycles. The predicted octanol–water partition coefficient (Wildman–Crippen LogP) is 5.33. The van der Waals surface area contributed by atoms with E-state index >= 15 is 0 Å². The van der Waals surface area contributed by atoms with E-state index in [0.29, 0.717) is 18.0 Å². The first-order chi connectivity index (χ1) is 16.7. The summed E-state index contributed by atoms with van der Waals surface area (Å²) in [7, 11) is 0. The second-order valence-corrected chi connectivity index (χ2v) is 9.68. The van der Waals surface area contributed by atoms with Gasteiger partial charge >= 0.3 is 0 Å². The van der Waals surface area contributed by atoms with Crippen molar-refractivity contribution in [2.45, 2.75) is 46.6 Å². The first kappa shape index (κ1) is 24.7. The standard InChI is InChI=1S/C28H31N3O3S/c1-6-14-30-24-13-8-19(15-22(24)18(3)17-28(30,4)5)16-23-25(32)29-27(35)31(26(23)33)20-9-11-21(12-10-20)34-7-2/h8-13,15-17H,6-7,14H2,1-5H3,(H,29,32,35)/b23-16-. The summed E-state index contributed by atoms with van der Waals surface area (Å²) in [5, 5.41) is 2.71. The van der Waals surface area contributed by atoms with Crippen molar-refractivity contribution in [3.05, 3.63) is 65.2 Å². The molecule has 0 radical (unpaired) electrons. The van der Waals surface area contributed by atoms with Crippen LogP contribution in [0.3, 0.4) is 0 Å². The number of ether oxygens (including phenoxy) is 1. The van der Waals surface area contributed by atoms with Crippen LogP contribution < -0.4 is 19.9 Å². The number of thiocarbonyl (C=S) groups is 1. The van der Waals surface area contributed by atoms with Crippen LogP contribution in [-0.2, 0) is 9.59 Å². The van der Waals surface area contributed by atoms with Gasteiger partial charge in [-0.1, -0.05) is 19.1 Å². The van der Waals surface area contributed by atoms with Gasteiger partial charge in [-0.3, -0.25) is 19.8 Å². The van der Waals surface area contributed by atoms with Gasteiger partial charge in [0.2, 0.25) is 0 Å². The average Bonchev–Trinajstić information content (AvgIpc) is 2.80. The lowest BCUT2D eigenvalue weighted by molar-refractivity contribution is -0.122. The molecule has 2 amide bonds. The molecule has 0 atom stereocenters. The summed E-state index contributed by atoms with van der Waals surface area (Å²) in [6.07, 6.45) is 4.95. The van der Waals surface area contributed by atoms with E-state index in [0.717, 1.165) is 29.8 Å². The van der Waals surface area contributed by atoms with Crippen molar-refractivity contribution in [2.24, 2.45) is 0 Å². The van der Waals surface area contributed by atoms with E-state index in [4.69, 9.17) is 17.0 Å². The minimum absolute atomic E-state index is 0.0376. The Labute approximate surface area is 212 Å². The quantitative estimate of drug-likeness (QED) is 0.338. The van der Waals surface area contributed by atoms with Gasteiger partial charge in [-0.25, -0.2) is 0 Å². The molecule has 35 heavy (non-hydrogen) atoms. The molecule has 6 nitrogen and oxygen atoms in total. The van der Waals surface area contributed by atoms with Gasteiger partial charge in [0.15, 0.2) is 5.11 Å². The third-order valence-electron chi connectivity index (χ3n) is 6.27. The second kappa shape index (κ2) is 9.66. The molecule has 7 heteroatoms. The molecular weight excluding hydrogens is 458 g/mol. The minimum atomic E-state index is -0.499. The van der Waals surface area contributed by atoms with E-state index in [1.807, 2.05) is 19.1 Å². The van der Waals surface area contributed by atoms with Crippen LogP contribution >= 0.6 is 12.2 Å². The van der Waals surface area contributed by atoms with Crippen molar-refractivity contribution in [1.29, 1.82) is 0 Å². The fourth-order valence-corrected chi connectivity index (χ4v) is 5.02. The predicted molar refractivity (Wildman–Crippen MR) is 146 cm³/mol. The largest absolute Gasteiger partial charge is 0.494 e. The molecule has 0 aliphatic carbocycles. The third-order valence-corrected chi connectivity index (χ3v) is 6.55. The van der Waals surface area contributed by atoms with Gasteiger partial charge in [0.1, 0.15) is 11.3 Å². The summed E-state index contributed by atoms with van der Waals surface area (Å²) in [6.45, 7) is 12.1. The fourth-order valence-electron chi connectivity index (χ4n) is 4.74. The number of hydrogen-bond acceptors (Lipinski definition) is 5. The molecule has 182 valence electrons. The molecule has 2 heterocycles. The van der Waals surface area contributed by atoms with Crippen LogP contribution in [0.25, 0.3) is 11.6 Å². The van der Waals surface area contributed by atoms with Gasteiger partial charge in [-0.15, -0.1) is 0 Å². The van der Waals surface area contributed by atoms with Gasteiger partial charge in [0.05, 0.1) is 17.8 Å². The third kappa shape index (κ3) is 4.73. The Bertz CT molecular complexity index is 1240. The van der Waals surface area contributed by atoms with Gasteiger partial charge in [-0.05, 0) is 99.9 Å². The maximum atomic E-state index is 13.4. The zero-order valence-corrected chi connectivity index (χ0v) is 21.7. The number of anilines is 2. The molecule has 2 aromatic rings. The van der Waals surface area contributed by atoms with Crippen molar-refractivity contribution in [3.8, 4) is 5.75 Å². The number of rotatable bonds is 6. The monoisotopic (exact) mass is 489 g/mol. The molecule has 0 bridgehead atoms. The van der Waals surface area contributed by atoms with E-state index in [2.05, 4.69) is 50.1 Å². The number of hydrogen-bond donors (Lipinski definition) is 1.